The molecule has 0 heterocycles. The molecule has 0 bridgehead atoms. The number of ether oxygens (including phenoxy) is 1. The van der Waals surface area contributed by atoms with Crippen molar-refractivity contribution in [3.8, 4) is 0 Å². The lowest BCUT2D eigenvalue weighted by Crippen LogP contribution is -2.40. The molecular weight excluding hydrogens is 218 g/mol. The fourth-order valence-electron chi connectivity index (χ4n) is 1.42. The Morgan fingerprint density at radius 2 is 1.94 bits per heavy atom. The van der Waals surface area contributed by atoms with Crippen molar-refractivity contribution in [2.24, 2.45) is 10.9 Å². The minimum Gasteiger partial charge on any atom is -0.469 e. The first-order chi connectivity index (χ1) is 8.17. The van der Waals surface area contributed by atoms with Gasteiger partial charge in [0.05, 0.1) is 13.5 Å². The maximum absolute atomic E-state index is 10.9. The lowest BCUT2D eigenvalue weighted by atomic mass is 10.0. The summed E-state index contributed by atoms with van der Waals surface area (Å²) in [6.07, 6.45) is 2.66. The molecule has 5 nitrogen and oxygen atoms in total. The first-order valence-corrected chi connectivity index (χ1v) is 6.19. The van der Waals surface area contributed by atoms with Gasteiger partial charge in [0.2, 0.25) is 0 Å². The van der Waals surface area contributed by atoms with Gasteiger partial charge in [0.25, 0.3) is 0 Å². The molecule has 0 rings (SSSR count). The molecule has 0 aliphatic heterocycles. The molecule has 0 atom stereocenters. The molecule has 0 unspecified atom stereocenters. The van der Waals surface area contributed by atoms with E-state index in [1.807, 2.05) is 0 Å². The van der Waals surface area contributed by atoms with Crippen LogP contribution in [0.3, 0.4) is 0 Å². The maximum atomic E-state index is 10.9. The van der Waals surface area contributed by atoms with Gasteiger partial charge in [-0.2, -0.15) is 0 Å². The number of esters is 1. The Morgan fingerprint density at radius 3 is 2.41 bits per heavy atom. The van der Waals surface area contributed by atoms with E-state index in [0.717, 1.165) is 25.3 Å². The number of hydrogen-bond donors (Lipinski definition) is 2. The molecule has 0 amide bonds. The number of carbonyl (C=O) groups is 1. The van der Waals surface area contributed by atoms with E-state index in [4.69, 9.17) is 0 Å². The minimum atomic E-state index is -0.215. The summed E-state index contributed by atoms with van der Waals surface area (Å²) in [5, 5.41) is 6.33. The fraction of sp³-hybridized carbons (Fsp3) is 0.833. The van der Waals surface area contributed by atoms with E-state index in [2.05, 4.69) is 34.2 Å². The summed E-state index contributed by atoms with van der Waals surface area (Å²) < 4.78 is 4.56. The summed E-state index contributed by atoms with van der Waals surface area (Å²) in [5.41, 5.74) is 0. The van der Waals surface area contributed by atoms with Crippen LogP contribution in [-0.2, 0) is 9.53 Å². The third-order valence-electron chi connectivity index (χ3n) is 2.79. The molecule has 0 saturated carbocycles. The Hall–Kier alpha value is -1.26. The Bertz CT molecular complexity index is 238. The van der Waals surface area contributed by atoms with Crippen LogP contribution in [0.25, 0.3) is 0 Å². The summed E-state index contributed by atoms with van der Waals surface area (Å²) in [6.45, 7) is 5.81. The van der Waals surface area contributed by atoms with Crippen LogP contribution in [0.2, 0.25) is 0 Å². The second kappa shape index (κ2) is 9.93. The standard InChI is InChI=1S/C12H25N3O2/c1-5-10(6-2)9-15-12(13-3)14-8-7-11(16)17-4/h10H,5-9H2,1-4H3,(H2,13,14,15). The molecule has 2 N–H and O–H groups in total. The van der Waals surface area contributed by atoms with E-state index in [1.54, 1.807) is 7.05 Å². The molecule has 0 aliphatic carbocycles. The van der Waals surface area contributed by atoms with Gasteiger partial charge >= 0.3 is 5.97 Å². The van der Waals surface area contributed by atoms with Gasteiger partial charge in [-0.05, 0) is 5.92 Å². The van der Waals surface area contributed by atoms with Crippen molar-refractivity contribution in [2.45, 2.75) is 33.1 Å². The summed E-state index contributed by atoms with van der Waals surface area (Å²) >= 11 is 0. The number of methoxy groups -OCH3 is 1. The number of carbonyl (C=O) groups excluding carboxylic acids is 1. The topological polar surface area (TPSA) is 62.7 Å². The molecule has 0 radical (unpaired) electrons. The molecule has 0 aliphatic rings. The van der Waals surface area contributed by atoms with Gasteiger partial charge in [0.1, 0.15) is 0 Å². The summed E-state index contributed by atoms with van der Waals surface area (Å²) in [7, 11) is 3.11. The van der Waals surface area contributed by atoms with E-state index in [-0.39, 0.29) is 5.97 Å². The first-order valence-electron chi connectivity index (χ1n) is 6.19. The molecule has 100 valence electrons. The summed E-state index contributed by atoms with van der Waals surface area (Å²) in [6, 6.07) is 0. The van der Waals surface area contributed by atoms with Crippen LogP contribution in [0.1, 0.15) is 33.1 Å². The van der Waals surface area contributed by atoms with Crippen molar-refractivity contribution in [1.29, 1.82) is 0 Å². The van der Waals surface area contributed by atoms with E-state index >= 15 is 0 Å². The number of aliphatic imine (C=N–C) groups is 1. The van der Waals surface area contributed by atoms with E-state index in [9.17, 15) is 4.79 Å². The number of nitrogens with zero attached hydrogens (tertiary/aromatic N) is 1. The average Bonchev–Trinajstić information content (AvgIpc) is 2.37. The van der Waals surface area contributed by atoms with Gasteiger partial charge in [-0.25, -0.2) is 0 Å². The number of guanidine groups is 1. The molecule has 17 heavy (non-hydrogen) atoms. The van der Waals surface area contributed by atoms with Crippen LogP contribution in [0.5, 0.6) is 0 Å². The van der Waals surface area contributed by atoms with Gasteiger partial charge in [-0.15, -0.1) is 0 Å². The smallest absolute Gasteiger partial charge is 0.307 e. The SMILES string of the molecule is CCC(CC)CNC(=NC)NCCC(=O)OC. The van der Waals surface area contributed by atoms with Crippen molar-refractivity contribution in [3.05, 3.63) is 0 Å². The zero-order chi connectivity index (χ0) is 13.1. The van der Waals surface area contributed by atoms with Crippen molar-refractivity contribution in [1.82, 2.24) is 10.6 Å². The lowest BCUT2D eigenvalue weighted by Gasteiger charge is -2.16. The molecule has 0 saturated heterocycles. The van der Waals surface area contributed by atoms with Gasteiger partial charge in [0.15, 0.2) is 5.96 Å². The number of hydrogen-bond acceptors (Lipinski definition) is 3. The quantitative estimate of drug-likeness (QED) is 0.400. The Kier molecular flexibility index (Phi) is 9.19. The molecule has 0 aromatic heterocycles. The highest BCUT2D eigenvalue weighted by molar-refractivity contribution is 5.80. The second-order valence-corrected chi connectivity index (χ2v) is 3.89. The van der Waals surface area contributed by atoms with Crippen LogP contribution in [0, 0.1) is 5.92 Å². The van der Waals surface area contributed by atoms with Gasteiger partial charge < -0.3 is 15.4 Å². The monoisotopic (exact) mass is 243 g/mol. The Morgan fingerprint density at radius 1 is 1.29 bits per heavy atom. The molecule has 5 heteroatoms. The third kappa shape index (κ3) is 7.60. The Balaban J connectivity index is 3.81. The normalized spacial score (nSPS) is 11.5. The third-order valence-corrected chi connectivity index (χ3v) is 2.79. The predicted octanol–water partition coefficient (Wildman–Crippen LogP) is 1.15. The second-order valence-electron chi connectivity index (χ2n) is 3.89. The van der Waals surface area contributed by atoms with Crippen LogP contribution in [0.4, 0.5) is 0 Å². The van der Waals surface area contributed by atoms with Crippen molar-refractivity contribution >= 4 is 11.9 Å². The highest BCUT2D eigenvalue weighted by atomic mass is 16.5. The Labute approximate surface area is 104 Å². The molecule has 0 spiro atoms. The van der Waals surface area contributed by atoms with Gasteiger partial charge in [-0.1, -0.05) is 26.7 Å². The average molecular weight is 243 g/mol. The van der Waals surface area contributed by atoms with Crippen LogP contribution >= 0.6 is 0 Å². The van der Waals surface area contributed by atoms with E-state index in [0.29, 0.717) is 18.9 Å². The van der Waals surface area contributed by atoms with E-state index < -0.39 is 0 Å². The van der Waals surface area contributed by atoms with Crippen LogP contribution in [0.15, 0.2) is 4.99 Å². The molecule has 0 aromatic rings. The van der Waals surface area contributed by atoms with Crippen LogP contribution in [-0.4, -0.2) is 39.2 Å². The van der Waals surface area contributed by atoms with Crippen molar-refractivity contribution < 1.29 is 9.53 Å². The number of nitrogens with one attached hydrogen (secondary N) is 2. The zero-order valence-corrected chi connectivity index (χ0v) is 11.4. The summed E-state index contributed by atoms with van der Waals surface area (Å²) in [4.78, 5) is 15.0. The highest BCUT2D eigenvalue weighted by Gasteiger charge is 2.05. The predicted molar refractivity (Wildman–Crippen MR) is 70.1 cm³/mol. The fourth-order valence-corrected chi connectivity index (χ4v) is 1.42. The largest absolute Gasteiger partial charge is 0.469 e. The first kappa shape index (κ1) is 15.7. The highest BCUT2D eigenvalue weighted by Crippen LogP contribution is 2.04. The van der Waals surface area contributed by atoms with Crippen molar-refractivity contribution in [3.63, 3.8) is 0 Å². The molecule has 0 fully saturated rings. The van der Waals surface area contributed by atoms with Gasteiger partial charge in [0, 0.05) is 20.1 Å². The van der Waals surface area contributed by atoms with E-state index in [1.165, 1.54) is 7.11 Å². The maximum Gasteiger partial charge on any atom is 0.307 e. The lowest BCUT2D eigenvalue weighted by molar-refractivity contribution is -0.140. The van der Waals surface area contributed by atoms with Gasteiger partial charge in [-0.3, -0.25) is 9.79 Å². The summed E-state index contributed by atoms with van der Waals surface area (Å²) in [5.74, 6) is 1.18. The minimum absolute atomic E-state index is 0.215. The molecular formula is C12H25N3O2. The van der Waals surface area contributed by atoms with Crippen molar-refractivity contribution in [2.75, 3.05) is 27.2 Å². The zero-order valence-electron chi connectivity index (χ0n) is 11.4. The van der Waals surface area contributed by atoms with Crippen LogP contribution < -0.4 is 10.6 Å². The molecule has 0 aromatic carbocycles. The number of rotatable bonds is 7.